The molecule has 0 spiro atoms. The molecular formula is C17H16N2O2. The van der Waals surface area contributed by atoms with E-state index in [2.05, 4.69) is 17.6 Å². The molecule has 2 aromatic carbocycles. The molecule has 0 saturated carbocycles. The van der Waals surface area contributed by atoms with Crippen molar-refractivity contribution in [2.24, 2.45) is 0 Å². The van der Waals surface area contributed by atoms with Crippen LogP contribution in [-0.4, -0.2) is 11.8 Å². The number of hydrogen-bond acceptors (Lipinski definition) is 2. The second kappa shape index (κ2) is 5.40. The minimum atomic E-state index is -0.167. The lowest BCUT2D eigenvalue weighted by Crippen LogP contribution is -2.13. The summed E-state index contributed by atoms with van der Waals surface area (Å²) in [5.41, 5.74) is 4.14. The molecule has 1 aliphatic heterocycles. The Balaban J connectivity index is 1.83. The summed E-state index contributed by atoms with van der Waals surface area (Å²) in [6.45, 7) is 2.05. The molecule has 2 amide bonds. The molecule has 4 heteroatoms. The minimum Gasteiger partial charge on any atom is -0.326 e. The van der Waals surface area contributed by atoms with E-state index in [1.165, 1.54) is 0 Å². The Kier molecular flexibility index (Phi) is 3.44. The third kappa shape index (κ3) is 2.65. The standard InChI is InChI=1S/C17H16N2O2/c1-2-11-5-3-4-6-14(11)19-17(21)13-8-7-12-10-16(20)18-15(12)9-13/h3-9H,2,10H2,1H3,(H,18,20)(H,19,21). The zero-order valence-electron chi connectivity index (χ0n) is 11.8. The monoisotopic (exact) mass is 280 g/mol. The normalized spacial score (nSPS) is 12.7. The van der Waals surface area contributed by atoms with Gasteiger partial charge in [0.05, 0.1) is 6.42 Å². The number of anilines is 2. The zero-order valence-corrected chi connectivity index (χ0v) is 11.8. The number of carbonyl (C=O) groups excluding carboxylic acids is 2. The molecule has 0 saturated heterocycles. The molecule has 0 fully saturated rings. The maximum Gasteiger partial charge on any atom is 0.255 e. The van der Waals surface area contributed by atoms with Crippen LogP contribution in [0.1, 0.15) is 28.4 Å². The number of fused-ring (bicyclic) bond motifs is 1. The summed E-state index contributed by atoms with van der Waals surface area (Å²) in [4.78, 5) is 23.7. The van der Waals surface area contributed by atoms with Gasteiger partial charge in [-0.3, -0.25) is 9.59 Å². The molecule has 0 bridgehead atoms. The van der Waals surface area contributed by atoms with E-state index in [0.29, 0.717) is 12.0 Å². The second-order valence-corrected chi connectivity index (χ2v) is 5.06. The van der Waals surface area contributed by atoms with Crippen molar-refractivity contribution in [2.75, 3.05) is 10.6 Å². The van der Waals surface area contributed by atoms with E-state index in [9.17, 15) is 9.59 Å². The molecule has 2 N–H and O–H groups in total. The second-order valence-electron chi connectivity index (χ2n) is 5.06. The quantitative estimate of drug-likeness (QED) is 0.908. The van der Waals surface area contributed by atoms with Crippen LogP contribution in [0.25, 0.3) is 0 Å². The number of benzene rings is 2. The van der Waals surface area contributed by atoms with Crippen LogP contribution in [0, 0.1) is 0 Å². The largest absolute Gasteiger partial charge is 0.326 e. The van der Waals surface area contributed by atoms with Gasteiger partial charge in [-0.05, 0) is 35.7 Å². The van der Waals surface area contributed by atoms with Crippen LogP contribution in [0.5, 0.6) is 0 Å². The van der Waals surface area contributed by atoms with Gasteiger partial charge < -0.3 is 10.6 Å². The van der Waals surface area contributed by atoms with Crippen molar-refractivity contribution < 1.29 is 9.59 Å². The maximum atomic E-state index is 12.3. The average Bonchev–Trinajstić information content (AvgIpc) is 2.86. The van der Waals surface area contributed by atoms with Gasteiger partial charge in [-0.1, -0.05) is 31.2 Å². The summed E-state index contributed by atoms with van der Waals surface area (Å²) in [6.07, 6.45) is 1.24. The topological polar surface area (TPSA) is 58.2 Å². The number of nitrogens with one attached hydrogen (secondary N) is 2. The van der Waals surface area contributed by atoms with Gasteiger partial charge in [-0.2, -0.15) is 0 Å². The van der Waals surface area contributed by atoms with Gasteiger partial charge in [-0.15, -0.1) is 0 Å². The van der Waals surface area contributed by atoms with Gasteiger partial charge in [0.1, 0.15) is 0 Å². The number of para-hydroxylation sites is 1. The third-order valence-electron chi connectivity index (χ3n) is 3.64. The SMILES string of the molecule is CCc1ccccc1NC(=O)c1ccc2c(c1)NC(=O)C2. The molecular weight excluding hydrogens is 264 g/mol. The average molecular weight is 280 g/mol. The van der Waals surface area contributed by atoms with E-state index in [-0.39, 0.29) is 11.8 Å². The molecule has 1 heterocycles. The van der Waals surface area contributed by atoms with Crippen LogP contribution >= 0.6 is 0 Å². The van der Waals surface area contributed by atoms with E-state index in [1.54, 1.807) is 12.1 Å². The summed E-state index contributed by atoms with van der Waals surface area (Å²) in [5.74, 6) is -0.196. The lowest BCUT2D eigenvalue weighted by molar-refractivity contribution is -0.115. The predicted octanol–water partition coefficient (Wildman–Crippen LogP) is 3.00. The van der Waals surface area contributed by atoms with Crippen molar-refractivity contribution >= 4 is 23.2 Å². The Morgan fingerprint density at radius 2 is 2.05 bits per heavy atom. The Bertz CT molecular complexity index is 722. The first-order valence-corrected chi connectivity index (χ1v) is 6.99. The van der Waals surface area contributed by atoms with Crippen LogP contribution < -0.4 is 10.6 Å². The van der Waals surface area contributed by atoms with Crippen LogP contribution in [0.3, 0.4) is 0 Å². The van der Waals surface area contributed by atoms with Crippen molar-refractivity contribution in [2.45, 2.75) is 19.8 Å². The van der Waals surface area contributed by atoms with Gasteiger partial charge in [0.25, 0.3) is 5.91 Å². The van der Waals surface area contributed by atoms with E-state index in [0.717, 1.165) is 28.9 Å². The van der Waals surface area contributed by atoms with Gasteiger partial charge in [0.15, 0.2) is 0 Å². The van der Waals surface area contributed by atoms with Gasteiger partial charge in [0, 0.05) is 16.9 Å². The number of aryl methyl sites for hydroxylation is 1. The van der Waals surface area contributed by atoms with Crippen LogP contribution in [0.2, 0.25) is 0 Å². The summed E-state index contributed by atoms with van der Waals surface area (Å²) < 4.78 is 0. The number of rotatable bonds is 3. The highest BCUT2D eigenvalue weighted by Gasteiger charge is 2.19. The molecule has 0 radical (unpaired) electrons. The summed E-state index contributed by atoms with van der Waals surface area (Å²) >= 11 is 0. The first kappa shape index (κ1) is 13.4. The molecule has 4 nitrogen and oxygen atoms in total. The lowest BCUT2D eigenvalue weighted by atomic mass is 10.1. The molecule has 0 aliphatic carbocycles. The van der Waals surface area contributed by atoms with Gasteiger partial charge in [0.2, 0.25) is 5.91 Å². The van der Waals surface area contributed by atoms with E-state index >= 15 is 0 Å². The first-order valence-electron chi connectivity index (χ1n) is 6.99. The van der Waals surface area contributed by atoms with Crippen molar-refractivity contribution in [1.29, 1.82) is 0 Å². The Labute approximate surface area is 123 Å². The molecule has 1 aliphatic rings. The third-order valence-corrected chi connectivity index (χ3v) is 3.64. The summed E-state index contributed by atoms with van der Waals surface area (Å²) in [6, 6.07) is 13.1. The summed E-state index contributed by atoms with van der Waals surface area (Å²) in [7, 11) is 0. The predicted molar refractivity (Wildman–Crippen MR) is 82.5 cm³/mol. The van der Waals surface area contributed by atoms with E-state index in [1.807, 2.05) is 30.3 Å². The minimum absolute atomic E-state index is 0.0288. The van der Waals surface area contributed by atoms with Crippen LogP contribution in [-0.2, 0) is 17.6 Å². The fraction of sp³-hybridized carbons (Fsp3) is 0.176. The molecule has 106 valence electrons. The van der Waals surface area contributed by atoms with Crippen molar-refractivity contribution in [3.8, 4) is 0 Å². The number of amides is 2. The Hall–Kier alpha value is -2.62. The van der Waals surface area contributed by atoms with Crippen molar-refractivity contribution in [1.82, 2.24) is 0 Å². The molecule has 0 unspecified atom stereocenters. The van der Waals surface area contributed by atoms with Gasteiger partial charge >= 0.3 is 0 Å². The first-order chi connectivity index (χ1) is 10.2. The highest BCUT2D eigenvalue weighted by atomic mass is 16.2. The Morgan fingerprint density at radius 1 is 1.24 bits per heavy atom. The highest BCUT2D eigenvalue weighted by Crippen LogP contribution is 2.25. The molecule has 0 aromatic heterocycles. The number of hydrogen-bond donors (Lipinski definition) is 2. The maximum absolute atomic E-state index is 12.3. The fourth-order valence-electron chi connectivity index (χ4n) is 2.50. The molecule has 21 heavy (non-hydrogen) atoms. The molecule has 0 atom stereocenters. The smallest absolute Gasteiger partial charge is 0.255 e. The van der Waals surface area contributed by atoms with E-state index in [4.69, 9.17) is 0 Å². The van der Waals surface area contributed by atoms with E-state index < -0.39 is 0 Å². The van der Waals surface area contributed by atoms with Crippen LogP contribution in [0.15, 0.2) is 42.5 Å². The summed E-state index contributed by atoms with van der Waals surface area (Å²) in [5, 5.41) is 5.69. The van der Waals surface area contributed by atoms with Crippen LogP contribution in [0.4, 0.5) is 11.4 Å². The lowest BCUT2D eigenvalue weighted by Gasteiger charge is -2.10. The van der Waals surface area contributed by atoms with Crippen molar-refractivity contribution in [3.05, 3.63) is 59.2 Å². The van der Waals surface area contributed by atoms with Gasteiger partial charge in [-0.25, -0.2) is 0 Å². The Morgan fingerprint density at radius 3 is 2.86 bits per heavy atom. The number of carbonyl (C=O) groups is 2. The molecule has 2 aromatic rings. The van der Waals surface area contributed by atoms with Crippen molar-refractivity contribution in [3.63, 3.8) is 0 Å². The highest BCUT2D eigenvalue weighted by molar-refractivity contribution is 6.07. The zero-order chi connectivity index (χ0) is 14.8. The fourth-order valence-corrected chi connectivity index (χ4v) is 2.50. The molecule has 3 rings (SSSR count).